The number of ether oxygens (including phenoxy) is 1. The van der Waals surface area contributed by atoms with Gasteiger partial charge in [0.2, 0.25) is 0 Å². The highest BCUT2D eigenvalue weighted by Gasteiger charge is 2.31. The summed E-state index contributed by atoms with van der Waals surface area (Å²) in [6, 6.07) is 13.0. The van der Waals surface area contributed by atoms with Crippen LogP contribution in [0.2, 0.25) is 5.02 Å². The quantitative estimate of drug-likeness (QED) is 0.287. The Kier molecular flexibility index (Phi) is 10.3. The van der Waals surface area contributed by atoms with Crippen LogP contribution in [0.25, 0.3) is 11.3 Å². The molecule has 1 saturated heterocycles. The SMILES string of the molecule is O=C(NCCCn1c(-c2ccc(OC(F)(F)F)cc2)cs/c1=N\Cc1ccc(Cl)cc1)NCCN1CCCC1. The van der Waals surface area contributed by atoms with Crippen LogP contribution in [0, 0.1) is 0 Å². The number of nitrogens with zero attached hydrogens (tertiary/aromatic N) is 3. The number of carbonyl (C=O) groups is 1. The summed E-state index contributed by atoms with van der Waals surface area (Å²) in [7, 11) is 0. The minimum absolute atomic E-state index is 0.197. The number of urea groups is 1. The lowest BCUT2D eigenvalue weighted by Gasteiger charge is -2.15. The molecule has 4 rings (SSSR count). The van der Waals surface area contributed by atoms with Crippen LogP contribution in [0.4, 0.5) is 18.0 Å². The van der Waals surface area contributed by atoms with Crippen molar-refractivity contribution in [3.8, 4) is 17.0 Å². The van der Waals surface area contributed by atoms with Crippen LogP contribution in [0.3, 0.4) is 0 Å². The molecule has 0 radical (unpaired) electrons. The van der Waals surface area contributed by atoms with Crippen molar-refractivity contribution < 1.29 is 22.7 Å². The van der Waals surface area contributed by atoms with Gasteiger partial charge in [-0.25, -0.2) is 4.79 Å². The van der Waals surface area contributed by atoms with Gasteiger partial charge in [-0.2, -0.15) is 0 Å². The molecule has 1 aromatic heterocycles. The summed E-state index contributed by atoms with van der Waals surface area (Å²) in [5, 5.41) is 8.38. The Morgan fingerprint density at radius 2 is 1.69 bits per heavy atom. The zero-order valence-electron chi connectivity index (χ0n) is 21.3. The van der Waals surface area contributed by atoms with Gasteiger partial charge in [-0.05, 0) is 79.9 Å². The molecule has 0 aliphatic carbocycles. The lowest BCUT2D eigenvalue weighted by Crippen LogP contribution is -2.40. The summed E-state index contributed by atoms with van der Waals surface area (Å²) in [6.45, 7) is 5.12. The largest absolute Gasteiger partial charge is 0.573 e. The van der Waals surface area contributed by atoms with E-state index in [0.29, 0.717) is 37.6 Å². The van der Waals surface area contributed by atoms with Crippen molar-refractivity contribution in [1.29, 1.82) is 0 Å². The van der Waals surface area contributed by atoms with Crippen molar-refractivity contribution in [2.45, 2.75) is 38.7 Å². The van der Waals surface area contributed by atoms with Crippen LogP contribution < -0.4 is 20.2 Å². The molecule has 7 nitrogen and oxygen atoms in total. The first-order valence-corrected chi connectivity index (χ1v) is 14.1. The molecule has 3 aromatic rings. The Hall–Kier alpha value is -3.02. The highest BCUT2D eigenvalue weighted by atomic mass is 35.5. The summed E-state index contributed by atoms with van der Waals surface area (Å²) >= 11 is 7.43. The smallest absolute Gasteiger partial charge is 0.406 e. The lowest BCUT2D eigenvalue weighted by atomic mass is 10.1. The number of hydrogen-bond acceptors (Lipinski definition) is 5. The van der Waals surface area contributed by atoms with Gasteiger partial charge >= 0.3 is 12.4 Å². The number of halogens is 4. The van der Waals surface area contributed by atoms with Gasteiger partial charge < -0.3 is 24.8 Å². The number of alkyl halides is 3. The van der Waals surface area contributed by atoms with E-state index in [9.17, 15) is 18.0 Å². The van der Waals surface area contributed by atoms with Crippen molar-refractivity contribution in [3.63, 3.8) is 0 Å². The lowest BCUT2D eigenvalue weighted by molar-refractivity contribution is -0.274. The standard InChI is InChI=1S/C27H31ClF3N5O2S/c28-22-8-4-20(5-9-22)18-34-26-36(16-3-12-32-25(37)33-13-17-35-14-1-2-15-35)24(19-39-26)21-6-10-23(11-7-21)38-27(29,30)31/h4-11,19H,1-3,12-18H2,(H2,32,33,37)/b34-26-. The minimum Gasteiger partial charge on any atom is -0.406 e. The highest BCUT2D eigenvalue weighted by molar-refractivity contribution is 7.07. The number of amides is 2. The summed E-state index contributed by atoms with van der Waals surface area (Å²) in [4.78, 5) is 20.1. The summed E-state index contributed by atoms with van der Waals surface area (Å²) in [5.41, 5.74) is 2.56. The van der Waals surface area contributed by atoms with E-state index in [2.05, 4.69) is 20.3 Å². The van der Waals surface area contributed by atoms with Crippen LogP contribution >= 0.6 is 22.9 Å². The fourth-order valence-electron chi connectivity index (χ4n) is 4.31. The predicted octanol–water partition coefficient (Wildman–Crippen LogP) is 5.65. The molecule has 2 N–H and O–H groups in total. The molecule has 2 aromatic carbocycles. The fourth-order valence-corrected chi connectivity index (χ4v) is 5.38. The molecule has 1 aliphatic rings. The van der Waals surface area contributed by atoms with Gasteiger partial charge in [-0.3, -0.25) is 4.99 Å². The number of benzene rings is 2. The average molecular weight is 582 g/mol. The van der Waals surface area contributed by atoms with E-state index in [1.807, 2.05) is 34.2 Å². The van der Waals surface area contributed by atoms with Crippen molar-refractivity contribution in [1.82, 2.24) is 20.1 Å². The van der Waals surface area contributed by atoms with Crippen LogP contribution in [0.15, 0.2) is 58.9 Å². The Bertz CT molecular complexity index is 1270. The second-order valence-electron chi connectivity index (χ2n) is 9.16. The molecular weight excluding hydrogens is 551 g/mol. The summed E-state index contributed by atoms with van der Waals surface area (Å²) in [5.74, 6) is -0.277. The van der Waals surface area contributed by atoms with E-state index in [1.165, 1.54) is 36.3 Å². The van der Waals surface area contributed by atoms with E-state index in [1.54, 1.807) is 12.1 Å². The van der Waals surface area contributed by atoms with E-state index in [-0.39, 0.29) is 11.8 Å². The van der Waals surface area contributed by atoms with Gasteiger partial charge in [0.1, 0.15) is 5.75 Å². The molecule has 2 amide bonds. The van der Waals surface area contributed by atoms with Crippen LogP contribution in [0.5, 0.6) is 5.75 Å². The van der Waals surface area contributed by atoms with Gasteiger partial charge in [0.15, 0.2) is 4.80 Å². The van der Waals surface area contributed by atoms with E-state index in [4.69, 9.17) is 16.6 Å². The Labute approximate surface area is 234 Å². The number of carbonyl (C=O) groups excluding carboxylic acids is 1. The van der Waals surface area contributed by atoms with Crippen LogP contribution in [-0.4, -0.2) is 54.6 Å². The van der Waals surface area contributed by atoms with E-state index < -0.39 is 6.36 Å². The predicted molar refractivity (Wildman–Crippen MR) is 147 cm³/mol. The third-order valence-electron chi connectivity index (χ3n) is 6.25. The van der Waals surface area contributed by atoms with Gasteiger partial charge in [-0.1, -0.05) is 23.7 Å². The van der Waals surface area contributed by atoms with Crippen molar-refractivity contribution in [2.24, 2.45) is 4.99 Å². The first kappa shape index (κ1) is 29.0. The zero-order chi connectivity index (χ0) is 27.7. The fraction of sp³-hybridized carbons (Fsp3) is 0.407. The van der Waals surface area contributed by atoms with Crippen molar-refractivity contribution >= 4 is 29.0 Å². The number of hydrogen-bond donors (Lipinski definition) is 2. The summed E-state index contributed by atoms with van der Waals surface area (Å²) in [6.07, 6.45) is -1.67. The maximum atomic E-state index is 12.6. The Balaban J connectivity index is 1.41. The maximum absolute atomic E-state index is 12.6. The monoisotopic (exact) mass is 581 g/mol. The third-order valence-corrected chi connectivity index (χ3v) is 7.40. The first-order chi connectivity index (χ1) is 18.8. The van der Waals surface area contributed by atoms with Crippen molar-refractivity contribution in [3.05, 3.63) is 69.3 Å². The van der Waals surface area contributed by atoms with Crippen LogP contribution in [-0.2, 0) is 13.1 Å². The van der Waals surface area contributed by atoms with Crippen molar-refractivity contribution in [2.75, 3.05) is 32.7 Å². The zero-order valence-corrected chi connectivity index (χ0v) is 22.9. The first-order valence-electron chi connectivity index (χ1n) is 12.8. The Morgan fingerprint density at radius 1 is 1.00 bits per heavy atom. The second-order valence-corrected chi connectivity index (χ2v) is 10.4. The molecular formula is C27H31ClF3N5O2S. The topological polar surface area (TPSA) is 70.9 Å². The number of aromatic nitrogens is 1. The number of thiazole rings is 1. The molecule has 12 heteroatoms. The van der Waals surface area contributed by atoms with E-state index in [0.717, 1.165) is 41.3 Å². The van der Waals surface area contributed by atoms with Gasteiger partial charge in [0.25, 0.3) is 0 Å². The molecule has 0 atom stereocenters. The highest BCUT2D eigenvalue weighted by Crippen LogP contribution is 2.27. The third kappa shape index (κ3) is 9.29. The molecule has 0 bridgehead atoms. The molecule has 2 heterocycles. The number of likely N-dealkylation sites (tertiary alicyclic amines) is 1. The van der Waals surface area contributed by atoms with Gasteiger partial charge in [0.05, 0.1) is 12.2 Å². The maximum Gasteiger partial charge on any atom is 0.573 e. The molecule has 39 heavy (non-hydrogen) atoms. The normalized spacial score (nSPS) is 14.5. The second kappa shape index (κ2) is 13.9. The molecule has 1 aliphatic heterocycles. The number of nitrogens with one attached hydrogen (secondary N) is 2. The van der Waals surface area contributed by atoms with Gasteiger partial charge in [-0.15, -0.1) is 24.5 Å². The van der Waals surface area contributed by atoms with Crippen LogP contribution in [0.1, 0.15) is 24.8 Å². The summed E-state index contributed by atoms with van der Waals surface area (Å²) < 4.78 is 43.7. The van der Waals surface area contributed by atoms with Gasteiger partial charge in [0, 0.05) is 36.6 Å². The molecule has 0 unspecified atom stereocenters. The number of rotatable bonds is 11. The molecule has 0 saturated carbocycles. The van der Waals surface area contributed by atoms with E-state index >= 15 is 0 Å². The molecule has 0 spiro atoms. The average Bonchev–Trinajstić information content (AvgIpc) is 3.56. The molecule has 1 fully saturated rings. The molecule has 210 valence electrons. The minimum atomic E-state index is -4.75. The Morgan fingerprint density at radius 3 is 2.38 bits per heavy atom.